The van der Waals surface area contributed by atoms with Gasteiger partial charge in [-0.05, 0) is 86.2 Å². The number of allylic oxidation sites excluding steroid dienone is 8. The minimum absolute atomic E-state index is 0.0629. The van der Waals surface area contributed by atoms with Crippen molar-refractivity contribution in [2.75, 3.05) is 13.2 Å². The molecule has 4 nitrogen and oxygen atoms in total. The fourth-order valence-electron chi connectivity index (χ4n) is 3.97. The Hall–Kier alpha value is -3.42. The maximum absolute atomic E-state index is 13.4. The molecule has 2 rings (SSSR count). The normalized spacial score (nSPS) is 15.8. The van der Waals surface area contributed by atoms with E-state index in [-0.39, 0.29) is 18.1 Å². The molecule has 1 N–H and O–H groups in total. The molecule has 32 heavy (non-hydrogen) atoms. The Balaban J connectivity index is 2.94. The van der Waals surface area contributed by atoms with Gasteiger partial charge < -0.3 is 9.84 Å². The van der Waals surface area contributed by atoms with Gasteiger partial charge >= 0.3 is 0 Å². The smallest absolute Gasteiger partial charge is 0.185 e. The lowest BCUT2D eigenvalue weighted by molar-refractivity contribution is -0.120. The second-order valence-electron chi connectivity index (χ2n) is 7.95. The molecule has 1 aromatic carbocycles. The van der Waals surface area contributed by atoms with E-state index in [2.05, 4.69) is 19.2 Å². The molecule has 1 aliphatic rings. The molecule has 0 fully saturated rings. The van der Waals surface area contributed by atoms with Gasteiger partial charge in [0.15, 0.2) is 5.78 Å². The predicted molar refractivity (Wildman–Crippen MR) is 129 cm³/mol. The van der Waals surface area contributed by atoms with E-state index in [1.807, 2.05) is 46.8 Å². The summed E-state index contributed by atoms with van der Waals surface area (Å²) in [5, 5.41) is 20.5. The first-order chi connectivity index (χ1) is 15.2. The van der Waals surface area contributed by atoms with Crippen molar-refractivity contribution in [3.63, 3.8) is 0 Å². The Morgan fingerprint density at radius 2 is 1.97 bits per heavy atom. The average Bonchev–Trinajstić information content (AvgIpc) is 2.85. The number of aliphatic hydroxyl groups excluding tert-OH is 1. The monoisotopic (exact) mass is 429 g/mol. The van der Waals surface area contributed by atoms with Crippen LogP contribution in [0.3, 0.4) is 0 Å². The number of nitriles is 1. The van der Waals surface area contributed by atoms with Crippen molar-refractivity contribution in [2.24, 2.45) is 0 Å². The Kier molecular flexibility index (Phi) is 8.34. The van der Waals surface area contributed by atoms with Crippen LogP contribution in [0, 0.1) is 18.3 Å². The van der Waals surface area contributed by atoms with Crippen molar-refractivity contribution in [2.45, 2.75) is 40.5 Å². The largest absolute Gasteiger partial charge is 0.508 e. The van der Waals surface area contributed by atoms with E-state index in [1.165, 1.54) is 0 Å². The summed E-state index contributed by atoms with van der Waals surface area (Å²) in [5.41, 5.74) is 6.57. The number of Topliss-reactive ketones (excluding diaryl/α,β-unsaturated/α-hetero) is 1. The minimum atomic E-state index is -0.570. The summed E-state index contributed by atoms with van der Waals surface area (Å²) in [5.74, 6) is -0.678. The summed E-state index contributed by atoms with van der Waals surface area (Å²) >= 11 is 0. The molecule has 0 spiro atoms. The van der Waals surface area contributed by atoms with Crippen molar-refractivity contribution in [3.05, 3.63) is 105 Å². The van der Waals surface area contributed by atoms with Gasteiger partial charge in [-0.25, -0.2) is 0 Å². The van der Waals surface area contributed by atoms with E-state index in [1.54, 1.807) is 24.3 Å². The van der Waals surface area contributed by atoms with Gasteiger partial charge in [0, 0.05) is 23.7 Å². The van der Waals surface area contributed by atoms with Crippen LogP contribution in [-0.2, 0) is 9.53 Å². The molecular formula is C28H31NO3. The van der Waals surface area contributed by atoms with Crippen LogP contribution in [0.1, 0.15) is 50.3 Å². The van der Waals surface area contributed by atoms with Crippen molar-refractivity contribution in [3.8, 4) is 6.07 Å². The standard InChI is InChI=1S/C28H31NO3/c1-8-18(4)26(25(31)16-32-9-2)28(23-11-10-22(15-29)14-20(23)6)27-21(7)19(5)12-17(3)13-24(27)30/h8,10-14,28,30H,1,3,9,16H2,2,4-7H3/b26-18-. The van der Waals surface area contributed by atoms with Gasteiger partial charge in [0.2, 0.25) is 0 Å². The lowest BCUT2D eigenvalue weighted by atomic mass is 9.76. The SMILES string of the molecule is C=C/C(C)=C(/C(=O)COCC)C(C1=C(C)C(C)=CC(=C)C=C1O)c1ccc(C#N)cc1C. The number of aliphatic hydroxyl groups is 1. The van der Waals surface area contributed by atoms with Gasteiger partial charge in [-0.1, -0.05) is 31.4 Å². The predicted octanol–water partition coefficient (Wildman–Crippen LogP) is 6.33. The Morgan fingerprint density at radius 1 is 1.28 bits per heavy atom. The number of hydrogen-bond donors (Lipinski definition) is 1. The molecule has 4 heteroatoms. The summed E-state index contributed by atoms with van der Waals surface area (Å²) in [6.45, 7) is 17.7. The third-order valence-electron chi connectivity index (χ3n) is 5.75. The summed E-state index contributed by atoms with van der Waals surface area (Å²) in [7, 11) is 0. The van der Waals surface area contributed by atoms with Crippen LogP contribution in [0.2, 0.25) is 0 Å². The first-order valence-corrected chi connectivity index (χ1v) is 10.6. The highest BCUT2D eigenvalue weighted by molar-refractivity contribution is 6.00. The molecule has 166 valence electrons. The lowest BCUT2D eigenvalue weighted by Crippen LogP contribution is -2.22. The van der Waals surface area contributed by atoms with Gasteiger partial charge in [0.25, 0.3) is 0 Å². The second kappa shape index (κ2) is 10.7. The highest BCUT2D eigenvalue weighted by Gasteiger charge is 2.32. The molecule has 0 saturated carbocycles. The van der Waals surface area contributed by atoms with Gasteiger partial charge in [-0.3, -0.25) is 4.79 Å². The summed E-state index contributed by atoms with van der Waals surface area (Å²) < 4.78 is 5.45. The van der Waals surface area contributed by atoms with Crippen molar-refractivity contribution >= 4 is 5.78 Å². The number of aryl methyl sites for hydroxylation is 1. The lowest BCUT2D eigenvalue weighted by Gasteiger charge is -2.28. The number of carbonyl (C=O) groups excluding carboxylic acids is 1. The molecule has 0 aromatic heterocycles. The van der Waals surface area contributed by atoms with Crippen molar-refractivity contribution < 1.29 is 14.6 Å². The zero-order valence-electron chi connectivity index (χ0n) is 19.6. The summed E-state index contributed by atoms with van der Waals surface area (Å²) in [6.07, 6.45) is 5.18. The molecule has 1 atom stereocenters. The first kappa shape index (κ1) is 24.8. The van der Waals surface area contributed by atoms with Crippen LogP contribution in [0.5, 0.6) is 0 Å². The van der Waals surface area contributed by atoms with E-state index in [0.29, 0.717) is 34.5 Å². The van der Waals surface area contributed by atoms with Crippen LogP contribution >= 0.6 is 0 Å². The Morgan fingerprint density at radius 3 is 2.53 bits per heavy atom. The summed E-state index contributed by atoms with van der Waals surface area (Å²) in [4.78, 5) is 13.4. The second-order valence-corrected chi connectivity index (χ2v) is 7.95. The number of benzene rings is 1. The van der Waals surface area contributed by atoms with Gasteiger partial charge in [0.1, 0.15) is 12.4 Å². The Labute approximate surface area is 191 Å². The van der Waals surface area contributed by atoms with E-state index in [9.17, 15) is 15.2 Å². The van der Waals surface area contributed by atoms with Gasteiger partial charge in [-0.2, -0.15) is 5.26 Å². The zero-order chi connectivity index (χ0) is 24.0. The van der Waals surface area contributed by atoms with Crippen LogP contribution in [0.25, 0.3) is 0 Å². The number of rotatable bonds is 8. The van der Waals surface area contributed by atoms with Gasteiger partial charge in [-0.15, -0.1) is 0 Å². The maximum Gasteiger partial charge on any atom is 0.185 e. The quantitative estimate of drug-likeness (QED) is 0.387. The number of ether oxygens (including phenoxy) is 1. The summed E-state index contributed by atoms with van der Waals surface area (Å²) in [6, 6.07) is 7.55. The highest BCUT2D eigenvalue weighted by atomic mass is 16.5. The van der Waals surface area contributed by atoms with E-state index >= 15 is 0 Å². The van der Waals surface area contributed by atoms with Crippen LogP contribution in [0.15, 0.2) is 88.8 Å². The molecule has 0 amide bonds. The molecule has 0 heterocycles. The Bertz CT molecular complexity index is 1120. The third kappa shape index (κ3) is 5.25. The van der Waals surface area contributed by atoms with E-state index < -0.39 is 5.92 Å². The molecule has 0 saturated heterocycles. The zero-order valence-corrected chi connectivity index (χ0v) is 19.6. The number of ketones is 1. The average molecular weight is 430 g/mol. The third-order valence-corrected chi connectivity index (χ3v) is 5.75. The van der Waals surface area contributed by atoms with Gasteiger partial charge in [0.05, 0.1) is 11.6 Å². The van der Waals surface area contributed by atoms with E-state index in [0.717, 1.165) is 22.3 Å². The molecule has 1 unspecified atom stereocenters. The van der Waals surface area contributed by atoms with Crippen LogP contribution in [0.4, 0.5) is 0 Å². The highest BCUT2D eigenvalue weighted by Crippen LogP contribution is 2.43. The topological polar surface area (TPSA) is 70.3 Å². The number of nitrogens with zero attached hydrogens (tertiary/aromatic N) is 1. The molecule has 0 aliphatic heterocycles. The molecule has 0 radical (unpaired) electrons. The van der Waals surface area contributed by atoms with Crippen LogP contribution in [-0.4, -0.2) is 24.1 Å². The van der Waals surface area contributed by atoms with Crippen molar-refractivity contribution in [1.29, 1.82) is 5.26 Å². The van der Waals surface area contributed by atoms with E-state index in [4.69, 9.17) is 4.74 Å². The van der Waals surface area contributed by atoms with Crippen LogP contribution < -0.4 is 0 Å². The molecule has 0 bridgehead atoms. The number of carbonyl (C=O) groups is 1. The molecule has 1 aromatic rings. The number of hydrogen-bond acceptors (Lipinski definition) is 4. The fourth-order valence-corrected chi connectivity index (χ4v) is 3.97. The molecular weight excluding hydrogens is 398 g/mol. The molecule has 1 aliphatic carbocycles. The minimum Gasteiger partial charge on any atom is -0.508 e. The van der Waals surface area contributed by atoms with Crippen molar-refractivity contribution in [1.82, 2.24) is 0 Å². The fraction of sp³-hybridized carbons (Fsp3) is 0.286. The first-order valence-electron chi connectivity index (χ1n) is 10.6. The maximum atomic E-state index is 13.4.